The molecule has 2 aliphatic heterocycles. The van der Waals surface area contributed by atoms with Crippen LogP contribution in [-0.4, -0.2) is 44.8 Å². The Kier molecular flexibility index (Phi) is 4.77. The highest BCUT2D eigenvalue weighted by molar-refractivity contribution is 5.99. The number of aryl methyl sites for hydroxylation is 1. The predicted octanol–water partition coefficient (Wildman–Crippen LogP) is 1.80. The van der Waals surface area contributed by atoms with Crippen LogP contribution < -0.4 is 10.7 Å². The van der Waals surface area contributed by atoms with Crippen LogP contribution in [0.25, 0.3) is 0 Å². The lowest BCUT2D eigenvalue weighted by atomic mass is 10.1. The van der Waals surface area contributed by atoms with Gasteiger partial charge in [-0.25, -0.2) is 8.78 Å². The van der Waals surface area contributed by atoms with Gasteiger partial charge in [0.05, 0.1) is 12.6 Å². The Hall–Kier alpha value is -3.27. The first-order chi connectivity index (χ1) is 15.2. The molecular weight excluding hydrogens is 424 g/mol. The van der Waals surface area contributed by atoms with E-state index in [1.807, 2.05) is 0 Å². The summed E-state index contributed by atoms with van der Waals surface area (Å²) in [6.07, 6.45) is 3.05. The van der Waals surface area contributed by atoms with E-state index >= 15 is 0 Å². The Morgan fingerprint density at radius 2 is 1.97 bits per heavy atom. The summed E-state index contributed by atoms with van der Waals surface area (Å²) >= 11 is 0. The molecule has 5 rings (SSSR count). The molecule has 1 saturated heterocycles. The summed E-state index contributed by atoms with van der Waals surface area (Å²) in [7, 11) is 0. The Labute approximate surface area is 181 Å². The van der Waals surface area contributed by atoms with Gasteiger partial charge < -0.3 is 24.6 Å². The lowest BCUT2D eigenvalue weighted by Gasteiger charge is -2.44. The van der Waals surface area contributed by atoms with Crippen molar-refractivity contribution in [2.45, 2.75) is 57.6 Å². The molecule has 1 aliphatic carbocycles. The van der Waals surface area contributed by atoms with E-state index in [4.69, 9.17) is 4.74 Å². The van der Waals surface area contributed by atoms with Crippen LogP contribution in [0.5, 0.6) is 5.75 Å². The molecule has 2 fully saturated rings. The van der Waals surface area contributed by atoms with Crippen molar-refractivity contribution >= 4 is 11.8 Å². The second-order valence-corrected chi connectivity index (χ2v) is 8.50. The summed E-state index contributed by atoms with van der Waals surface area (Å²) in [5, 5.41) is 12.8. The molecule has 1 aromatic carbocycles. The van der Waals surface area contributed by atoms with Crippen LogP contribution in [0, 0.1) is 18.6 Å². The molecule has 168 valence electrons. The number of hydrogen-bond donors (Lipinski definition) is 2. The van der Waals surface area contributed by atoms with Gasteiger partial charge in [-0.05, 0) is 43.9 Å². The minimum absolute atomic E-state index is 0.00298. The average molecular weight is 445 g/mol. The summed E-state index contributed by atoms with van der Waals surface area (Å²) < 4.78 is 35.4. The van der Waals surface area contributed by atoms with Gasteiger partial charge in [0.15, 0.2) is 17.7 Å². The first-order valence-electron chi connectivity index (χ1n) is 10.4. The van der Waals surface area contributed by atoms with Crippen molar-refractivity contribution in [3.63, 3.8) is 0 Å². The molecule has 1 saturated carbocycles. The molecule has 3 aliphatic rings. The molecule has 2 amide bonds. The monoisotopic (exact) mass is 445 g/mol. The number of hydrogen-bond acceptors (Lipinski definition) is 5. The molecule has 2 aromatic rings. The maximum absolute atomic E-state index is 14.0. The van der Waals surface area contributed by atoms with E-state index in [-0.39, 0.29) is 29.9 Å². The van der Waals surface area contributed by atoms with E-state index in [2.05, 4.69) is 5.32 Å². The van der Waals surface area contributed by atoms with Gasteiger partial charge in [-0.2, -0.15) is 0 Å². The lowest BCUT2D eigenvalue weighted by Crippen LogP contribution is -2.57. The zero-order valence-corrected chi connectivity index (χ0v) is 17.2. The van der Waals surface area contributed by atoms with Gasteiger partial charge in [0.1, 0.15) is 17.2 Å². The van der Waals surface area contributed by atoms with Gasteiger partial charge >= 0.3 is 0 Å². The fourth-order valence-corrected chi connectivity index (χ4v) is 4.88. The first-order valence-corrected chi connectivity index (χ1v) is 10.4. The number of rotatable bonds is 3. The summed E-state index contributed by atoms with van der Waals surface area (Å²) in [5.74, 6) is -3.89. The zero-order chi connectivity index (χ0) is 22.7. The average Bonchev–Trinajstić information content (AvgIpc) is 3.10. The number of halogens is 2. The smallest absolute Gasteiger partial charge is 0.276 e. The van der Waals surface area contributed by atoms with Gasteiger partial charge in [0, 0.05) is 24.3 Å². The van der Waals surface area contributed by atoms with Crippen molar-refractivity contribution in [2.75, 3.05) is 0 Å². The second-order valence-electron chi connectivity index (χ2n) is 8.50. The number of amides is 2. The quantitative estimate of drug-likeness (QED) is 0.751. The number of aromatic nitrogens is 1. The maximum Gasteiger partial charge on any atom is 0.276 e. The van der Waals surface area contributed by atoms with Gasteiger partial charge in [-0.15, -0.1) is 0 Å². The number of carbonyl (C=O) groups is 2. The Balaban J connectivity index is 1.44. The van der Waals surface area contributed by atoms with Crippen molar-refractivity contribution in [2.24, 2.45) is 0 Å². The molecule has 10 heteroatoms. The standard InChI is InChI=1S/C22H21F2N3O5/c1-10-4-15(23)13(16(24)5-10)7-25-21(30)14-8-26-9-17-27(11-2-3-12(6-11)32-17)22(31)18(26)20(29)19(14)28/h4-5,8,11-12,17,29H,2-3,6-7,9H2,1H3,(H,25,30)/t11-,12+,17+/m0/s1. The van der Waals surface area contributed by atoms with Crippen LogP contribution in [0.1, 0.15) is 51.2 Å². The molecule has 0 spiro atoms. The van der Waals surface area contributed by atoms with Crippen LogP contribution in [0.2, 0.25) is 0 Å². The highest BCUT2D eigenvalue weighted by Crippen LogP contribution is 2.38. The van der Waals surface area contributed by atoms with Gasteiger partial charge in [0.2, 0.25) is 5.43 Å². The van der Waals surface area contributed by atoms with E-state index in [1.54, 1.807) is 4.90 Å². The third-order valence-corrected chi connectivity index (χ3v) is 6.41. The fourth-order valence-electron chi connectivity index (χ4n) is 4.88. The number of nitrogens with one attached hydrogen (secondary N) is 1. The van der Waals surface area contributed by atoms with Crippen molar-refractivity contribution < 1.29 is 28.2 Å². The molecule has 32 heavy (non-hydrogen) atoms. The van der Waals surface area contributed by atoms with Crippen LogP contribution in [0.3, 0.4) is 0 Å². The lowest BCUT2D eigenvalue weighted by molar-refractivity contribution is -0.132. The van der Waals surface area contributed by atoms with E-state index < -0.39 is 53.0 Å². The minimum Gasteiger partial charge on any atom is -0.503 e. The van der Waals surface area contributed by atoms with E-state index in [0.29, 0.717) is 5.56 Å². The van der Waals surface area contributed by atoms with Crippen molar-refractivity contribution in [1.29, 1.82) is 0 Å². The molecule has 1 aromatic heterocycles. The molecule has 2 bridgehead atoms. The Morgan fingerprint density at radius 1 is 1.25 bits per heavy atom. The highest BCUT2D eigenvalue weighted by atomic mass is 19.1. The third kappa shape index (κ3) is 3.17. The Morgan fingerprint density at radius 3 is 2.69 bits per heavy atom. The Bertz CT molecular complexity index is 1190. The molecule has 0 unspecified atom stereocenters. The molecule has 0 radical (unpaired) electrons. The number of aromatic hydroxyl groups is 1. The summed E-state index contributed by atoms with van der Waals surface area (Å²) in [6.45, 7) is 1.21. The number of fused-ring (bicyclic) bond motifs is 5. The van der Waals surface area contributed by atoms with Crippen LogP contribution in [-0.2, 0) is 17.8 Å². The summed E-state index contributed by atoms with van der Waals surface area (Å²) in [6, 6.07) is 2.27. The number of carbonyl (C=O) groups excluding carboxylic acids is 2. The SMILES string of the molecule is Cc1cc(F)c(CNC(=O)c2cn3c(c(O)c2=O)C(=O)N2[C@H]4CC[C@H](C4)O[C@@H]2C3)c(F)c1. The topological polar surface area (TPSA) is 101 Å². The van der Waals surface area contributed by atoms with E-state index in [0.717, 1.165) is 31.4 Å². The van der Waals surface area contributed by atoms with Crippen molar-refractivity contribution in [3.8, 4) is 5.75 Å². The highest BCUT2D eigenvalue weighted by Gasteiger charge is 2.47. The normalized spacial score (nSPS) is 23.7. The third-order valence-electron chi connectivity index (χ3n) is 6.41. The van der Waals surface area contributed by atoms with Crippen molar-refractivity contribution in [3.05, 3.63) is 62.6 Å². The van der Waals surface area contributed by atoms with Crippen LogP contribution in [0.15, 0.2) is 23.1 Å². The molecule has 2 N–H and O–H groups in total. The van der Waals surface area contributed by atoms with Crippen molar-refractivity contribution in [1.82, 2.24) is 14.8 Å². The van der Waals surface area contributed by atoms with Gasteiger partial charge in [-0.1, -0.05) is 0 Å². The largest absolute Gasteiger partial charge is 0.503 e. The maximum atomic E-state index is 14.0. The first kappa shape index (κ1) is 20.6. The van der Waals surface area contributed by atoms with E-state index in [1.165, 1.54) is 17.7 Å². The number of ether oxygens (including phenoxy) is 1. The predicted molar refractivity (Wildman–Crippen MR) is 107 cm³/mol. The van der Waals surface area contributed by atoms with E-state index in [9.17, 15) is 28.3 Å². The second kappa shape index (κ2) is 7.40. The molecule has 3 atom stereocenters. The fraction of sp³-hybridized carbons (Fsp3) is 0.409. The molecular formula is C22H21F2N3O5. The van der Waals surface area contributed by atoms with Gasteiger partial charge in [0.25, 0.3) is 11.8 Å². The van der Waals surface area contributed by atoms with Gasteiger partial charge in [-0.3, -0.25) is 14.4 Å². The zero-order valence-electron chi connectivity index (χ0n) is 17.2. The number of nitrogens with zero attached hydrogens (tertiary/aromatic N) is 2. The van der Waals surface area contributed by atoms with Crippen LogP contribution >= 0.6 is 0 Å². The molecule has 8 nitrogen and oxygen atoms in total. The number of benzene rings is 1. The minimum atomic E-state index is -1.02. The number of pyridine rings is 1. The summed E-state index contributed by atoms with van der Waals surface area (Å²) in [5.41, 5.74) is -1.59. The van der Waals surface area contributed by atoms with Crippen LogP contribution in [0.4, 0.5) is 8.78 Å². The summed E-state index contributed by atoms with van der Waals surface area (Å²) in [4.78, 5) is 39.9. The molecule has 3 heterocycles.